The minimum Gasteiger partial charge on any atom is -0.463 e. The number of para-hydroxylation sites is 1. The topological polar surface area (TPSA) is 69.0 Å². The molecule has 1 aromatic carbocycles. The molecule has 1 N–H and O–H groups in total. The van der Waals surface area contributed by atoms with Crippen LogP contribution in [0.3, 0.4) is 0 Å². The lowest BCUT2D eigenvalue weighted by Crippen LogP contribution is -2.30. The second kappa shape index (κ2) is 6.93. The molecule has 8 heteroatoms. The summed E-state index contributed by atoms with van der Waals surface area (Å²) in [7, 11) is 0. The summed E-state index contributed by atoms with van der Waals surface area (Å²) in [4.78, 5) is 16.1. The first-order valence-corrected chi connectivity index (χ1v) is 8.48. The smallest absolute Gasteiger partial charge is 0.266 e. The fourth-order valence-corrected chi connectivity index (χ4v) is 2.74. The van der Waals surface area contributed by atoms with Gasteiger partial charge >= 0.3 is 0 Å². The molecule has 0 aliphatic carbocycles. The van der Waals surface area contributed by atoms with E-state index in [1.54, 1.807) is 29.4 Å². The second-order valence-corrected chi connectivity index (χ2v) is 6.40. The lowest BCUT2D eigenvalue weighted by Gasteiger charge is -2.11. The van der Waals surface area contributed by atoms with E-state index in [-0.39, 0.29) is 5.91 Å². The summed E-state index contributed by atoms with van der Waals surface area (Å²) in [5.74, 6) is 0.0803. The van der Waals surface area contributed by atoms with Gasteiger partial charge < -0.3 is 4.74 Å². The molecule has 3 rings (SSSR count). The molecule has 2 heterocycles. The number of hydrogen-bond acceptors (Lipinski definition) is 5. The largest absolute Gasteiger partial charge is 0.463 e. The molecule has 23 heavy (non-hydrogen) atoms. The summed E-state index contributed by atoms with van der Waals surface area (Å²) in [5.41, 5.74) is 0.906. The third kappa shape index (κ3) is 3.77. The molecule has 0 fully saturated rings. The van der Waals surface area contributed by atoms with Gasteiger partial charge in [-0.2, -0.15) is 0 Å². The van der Waals surface area contributed by atoms with Crippen molar-refractivity contribution in [2.45, 2.75) is 13.0 Å². The maximum atomic E-state index is 12.1. The molecule has 0 aliphatic heterocycles. The molecule has 0 radical (unpaired) electrons. The Morgan fingerprint density at radius 1 is 1.39 bits per heavy atom. The van der Waals surface area contributed by atoms with Crippen molar-refractivity contribution in [3.8, 4) is 11.6 Å². The Labute approximate surface area is 145 Å². The third-order valence-electron chi connectivity index (χ3n) is 2.98. The zero-order valence-corrected chi connectivity index (χ0v) is 14.5. The first kappa shape index (κ1) is 15.7. The average Bonchev–Trinajstić information content (AvgIpc) is 3.18. The molecule has 0 saturated carbocycles. The number of amides is 1. The normalized spacial score (nSPS) is 11.9. The first-order chi connectivity index (χ1) is 11.1. The number of carbonyl (C=O) groups excluding carboxylic acids is 1. The van der Waals surface area contributed by atoms with Gasteiger partial charge in [-0.15, -0.1) is 16.4 Å². The van der Waals surface area contributed by atoms with Gasteiger partial charge in [0, 0.05) is 17.8 Å². The van der Waals surface area contributed by atoms with Crippen LogP contribution in [0.25, 0.3) is 5.69 Å². The number of ether oxygens (including phenoxy) is 1. The van der Waals surface area contributed by atoms with Crippen molar-refractivity contribution in [2.75, 3.05) is 5.32 Å². The molecule has 0 aliphatic rings. The molecule has 3 aromatic rings. The molecule has 0 unspecified atom stereocenters. The van der Waals surface area contributed by atoms with Crippen LogP contribution in [-0.2, 0) is 4.79 Å². The highest BCUT2D eigenvalue weighted by molar-refractivity contribution is 9.10. The van der Waals surface area contributed by atoms with E-state index in [0.29, 0.717) is 15.5 Å². The quantitative estimate of drug-likeness (QED) is 0.721. The van der Waals surface area contributed by atoms with Crippen LogP contribution >= 0.6 is 27.3 Å². The van der Waals surface area contributed by atoms with Crippen molar-refractivity contribution < 1.29 is 9.53 Å². The van der Waals surface area contributed by atoms with E-state index in [1.807, 2.05) is 30.3 Å². The summed E-state index contributed by atoms with van der Waals surface area (Å²) in [5, 5.41) is 9.38. The zero-order valence-electron chi connectivity index (χ0n) is 12.1. The number of benzene rings is 1. The maximum absolute atomic E-state index is 12.1. The molecule has 6 nitrogen and oxygen atoms in total. The fourth-order valence-electron chi connectivity index (χ4n) is 1.84. The summed E-state index contributed by atoms with van der Waals surface area (Å²) >= 11 is 4.75. The highest BCUT2D eigenvalue weighted by Gasteiger charge is 2.19. The summed E-state index contributed by atoms with van der Waals surface area (Å²) in [6, 6.07) is 9.65. The lowest BCUT2D eigenvalue weighted by molar-refractivity contribution is -0.122. The van der Waals surface area contributed by atoms with Crippen LogP contribution in [0.2, 0.25) is 0 Å². The minimum absolute atomic E-state index is 0.277. The highest BCUT2D eigenvalue weighted by atomic mass is 79.9. The second-order valence-electron chi connectivity index (χ2n) is 4.65. The molecule has 1 atom stereocenters. The molecule has 0 spiro atoms. The van der Waals surface area contributed by atoms with E-state index in [9.17, 15) is 4.79 Å². The van der Waals surface area contributed by atoms with Crippen molar-refractivity contribution in [3.05, 3.63) is 52.6 Å². The van der Waals surface area contributed by atoms with E-state index < -0.39 is 6.10 Å². The Kier molecular flexibility index (Phi) is 4.73. The first-order valence-electron chi connectivity index (χ1n) is 6.81. The van der Waals surface area contributed by atoms with Gasteiger partial charge in [-0.25, -0.2) is 9.67 Å². The minimum atomic E-state index is -0.700. The number of carbonyl (C=O) groups is 1. The average molecular weight is 393 g/mol. The van der Waals surface area contributed by atoms with E-state index in [0.717, 1.165) is 5.69 Å². The van der Waals surface area contributed by atoms with Gasteiger partial charge in [0.1, 0.15) is 0 Å². The van der Waals surface area contributed by atoms with Crippen LogP contribution in [0.5, 0.6) is 5.88 Å². The van der Waals surface area contributed by atoms with Gasteiger partial charge in [0.05, 0.1) is 10.2 Å². The van der Waals surface area contributed by atoms with Crippen LogP contribution in [0, 0.1) is 0 Å². The van der Waals surface area contributed by atoms with Crippen LogP contribution in [-0.4, -0.2) is 26.8 Å². The molecule has 0 bridgehead atoms. The lowest BCUT2D eigenvalue weighted by atomic mass is 10.3. The molecular weight excluding hydrogens is 380 g/mol. The van der Waals surface area contributed by atoms with Crippen molar-refractivity contribution in [3.63, 3.8) is 0 Å². The highest BCUT2D eigenvalue weighted by Crippen LogP contribution is 2.25. The number of anilines is 1. The Hall–Kier alpha value is -2.19. The molecule has 2 aromatic heterocycles. The Morgan fingerprint density at radius 2 is 2.17 bits per heavy atom. The number of aromatic nitrogens is 3. The Bertz CT molecular complexity index is 789. The standard InChI is InChI=1S/C15H13BrN4O2S/c1-10(13(21)18-15-17-7-8-23-15)22-14-12(16)9-20(19-14)11-5-3-2-4-6-11/h2-10H,1H3,(H,17,18,21)/t10-/m1/s1. The Morgan fingerprint density at radius 3 is 2.87 bits per heavy atom. The molecule has 118 valence electrons. The summed E-state index contributed by atoms with van der Waals surface area (Å²) < 4.78 is 8.01. The van der Waals surface area contributed by atoms with Gasteiger partial charge in [0.15, 0.2) is 11.2 Å². The molecule has 0 saturated heterocycles. The van der Waals surface area contributed by atoms with Gasteiger partial charge in [-0.1, -0.05) is 18.2 Å². The molecular formula is C15H13BrN4O2S. The monoisotopic (exact) mass is 392 g/mol. The van der Waals surface area contributed by atoms with Gasteiger partial charge in [-0.3, -0.25) is 10.1 Å². The number of nitrogens with one attached hydrogen (secondary N) is 1. The SMILES string of the molecule is C[C@@H](Oc1nn(-c2ccccc2)cc1Br)C(=O)Nc1nccs1. The number of hydrogen-bond donors (Lipinski definition) is 1. The van der Waals surface area contributed by atoms with Gasteiger partial charge in [0.25, 0.3) is 5.91 Å². The van der Waals surface area contributed by atoms with Gasteiger partial charge in [0.2, 0.25) is 5.88 Å². The van der Waals surface area contributed by atoms with Crippen LogP contribution in [0.4, 0.5) is 5.13 Å². The maximum Gasteiger partial charge on any atom is 0.266 e. The van der Waals surface area contributed by atoms with Crippen molar-refractivity contribution in [1.29, 1.82) is 0 Å². The molecule has 1 amide bonds. The number of nitrogens with zero attached hydrogens (tertiary/aromatic N) is 3. The van der Waals surface area contributed by atoms with Gasteiger partial charge in [-0.05, 0) is 35.0 Å². The number of thiazole rings is 1. The number of halogens is 1. The van der Waals surface area contributed by atoms with E-state index in [2.05, 4.69) is 31.3 Å². The van der Waals surface area contributed by atoms with E-state index >= 15 is 0 Å². The predicted octanol–water partition coefficient (Wildman–Crippen LogP) is 3.50. The van der Waals surface area contributed by atoms with E-state index in [1.165, 1.54) is 11.3 Å². The summed E-state index contributed by atoms with van der Waals surface area (Å²) in [6.07, 6.45) is 2.72. The summed E-state index contributed by atoms with van der Waals surface area (Å²) in [6.45, 7) is 1.66. The van der Waals surface area contributed by atoms with Crippen LogP contribution in [0.15, 0.2) is 52.6 Å². The third-order valence-corrected chi connectivity index (χ3v) is 4.21. The van der Waals surface area contributed by atoms with Crippen LogP contribution in [0.1, 0.15) is 6.92 Å². The Balaban J connectivity index is 1.70. The zero-order chi connectivity index (χ0) is 16.2. The van der Waals surface area contributed by atoms with Crippen molar-refractivity contribution in [2.24, 2.45) is 0 Å². The number of rotatable bonds is 5. The fraction of sp³-hybridized carbons (Fsp3) is 0.133. The predicted molar refractivity (Wildman–Crippen MR) is 92.1 cm³/mol. The van der Waals surface area contributed by atoms with Crippen molar-refractivity contribution >= 4 is 38.3 Å². The van der Waals surface area contributed by atoms with Crippen LogP contribution < -0.4 is 10.1 Å². The van der Waals surface area contributed by atoms with E-state index in [4.69, 9.17) is 4.74 Å². The van der Waals surface area contributed by atoms with Crippen molar-refractivity contribution in [1.82, 2.24) is 14.8 Å².